The molecule has 0 saturated carbocycles. The quantitative estimate of drug-likeness (QED) is 0.735. The summed E-state index contributed by atoms with van der Waals surface area (Å²) >= 11 is 0. The van der Waals surface area contributed by atoms with Crippen LogP contribution in [-0.2, 0) is 11.3 Å². The molecule has 4 rings (SSSR count). The van der Waals surface area contributed by atoms with Crippen molar-refractivity contribution in [2.24, 2.45) is 5.73 Å². The van der Waals surface area contributed by atoms with Gasteiger partial charge in [0.05, 0.1) is 18.2 Å². The van der Waals surface area contributed by atoms with Crippen molar-refractivity contribution in [2.45, 2.75) is 38.6 Å². The van der Waals surface area contributed by atoms with E-state index in [9.17, 15) is 4.79 Å². The number of carbonyl (C=O) groups is 1. The van der Waals surface area contributed by atoms with Crippen LogP contribution in [0.25, 0.3) is 11.2 Å². The lowest BCUT2D eigenvalue weighted by molar-refractivity contribution is -0.131. The number of amides is 1. The largest absolute Gasteiger partial charge is 0.341 e. The summed E-state index contributed by atoms with van der Waals surface area (Å²) in [6.45, 7) is 6.55. The van der Waals surface area contributed by atoms with Crippen LogP contribution in [0.2, 0.25) is 0 Å². The Morgan fingerprint density at radius 3 is 2.75 bits per heavy atom. The maximum atomic E-state index is 13.0. The maximum absolute atomic E-state index is 13.0. The molecular weight excluding hydrogens is 352 g/mol. The minimum Gasteiger partial charge on any atom is -0.341 e. The number of aromatic nitrogens is 4. The highest BCUT2D eigenvalue weighted by Crippen LogP contribution is 2.32. The molecule has 2 aromatic heterocycles. The fourth-order valence-corrected chi connectivity index (χ4v) is 3.93. The molecule has 1 aromatic carbocycles. The Morgan fingerprint density at radius 2 is 2.00 bits per heavy atom. The molecule has 2 N–H and O–H groups in total. The van der Waals surface area contributed by atoms with E-state index in [1.165, 1.54) is 5.56 Å². The molecule has 0 aliphatic carbocycles. The summed E-state index contributed by atoms with van der Waals surface area (Å²) < 4.78 is 1.83. The number of hydrogen-bond donors (Lipinski definition) is 1. The fraction of sp³-hybridized carbons (Fsp3) is 0.429. The summed E-state index contributed by atoms with van der Waals surface area (Å²) in [6, 6.07) is 8.20. The Bertz CT molecular complexity index is 980. The molecule has 0 bridgehead atoms. The van der Waals surface area contributed by atoms with E-state index >= 15 is 0 Å². The zero-order chi connectivity index (χ0) is 19.7. The monoisotopic (exact) mass is 378 g/mol. The summed E-state index contributed by atoms with van der Waals surface area (Å²) in [4.78, 5) is 23.9. The van der Waals surface area contributed by atoms with Crippen molar-refractivity contribution in [2.75, 3.05) is 19.6 Å². The van der Waals surface area contributed by atoms with Gasteiger partial charge in [-0.05, 0) is 25.8 Å². The lowest BCUT2D eigenvalue weighted by Gasteiger charge is -2.21. The van der Waals surface area contributed by atoms with Gasteiger partial charge < -0.3 is 10.6 Å². The first-order chi connectivity index (χ1) is 13.6. The van der Waals surface area contributed by atoms with E-state index in [1.54, 1.807) is 12.4 Å². The zero-order valence-electron chi connectivity index (χ0n) is 16.4. The van der Waals surface area contributed by atoms with E-state index < -0.39 is 0 Å². The number of likely N-dealkylation sites (tertiary alicyclic amines) is 1. The molecule has 1 saturated heterocycles. The minimum absolute atomic E-state index is 0.148. The number of rotatable bonds is 5. The Morgan fingerprint density at radius 1 is 1.25 bits per heavy atom. The molecule has 1 aliphatic rings. The standard InChI is InChI=1S/C21H26N6O/c1-14-3-5-16(6-4-14)15(2)21(28)26-11-7-17(13-26)18-19-20(24-10-9-23-19)27(25-18)12-8-22/h3-6,9-10,15,17H,7-8,11-13,22H2,1-2H3/t15-,17+/m0/s1. The van der Waals surface area contributed by atoms with Gasteiger partial charge in [-0.3, -0.25) is 4.79 Å². The molecule has 7 heteroatoms. The lowest BCUT2D eigenvalue weighted by Crippen LogP contribution is -2.32. The number of nitrogens with zero attached hydrogens (tertiary/aromatic N) is 5. The van der Waals surface area contributed by atoms with Crippen LogP contribution in [0.5, 0.6) is 0 Å². The number of carbonyl (C=O) groups excluding carboxylic acids is 1. The zero-order valence-corrected chi connectivity index (χ0v) is 16.4. The first-order valence-corrected chi connectivity index (χ1v) is 9.81. The highest BCUT2D eigenvalue weighted by Gasteiger charge is 2.33. The van der Waals surface area contributed by atoms with Crippen LogP contribution in [0.3, 0.4) is 0 Å². The number of hydrogen-bond acceptors (Lipinski definition) is 5. The summed E-state index contributed by atoms with van der Waals surface area (Å²) in [5.41, 5.74) is 10.5. The van der Waals surface area contributed by atoms with Crippen molar-refractivity contribution in [3.05, 3.63) is 53.5 Å². The van der Waals surface area contributed by atoms with Crippen LogP contribution >= 0.6 is 0 Å². The Balaban J connectivity index is 1.53. The maximum Gasteiger partial charge on any atom is 0.229 e. The minimum atomic E-state index is -0.148. The molecule has 3 heterocycles. The van der Waals surface area contributed by atoms with Crippen LogP contribution < -0.4 is 5.73 Å². The number of aryl methyl sites for hydroxylation is 1. The third kappa shape index (κ3) is 3.38. The first kappa shape index (κ1) is 18.6. The number of nitrogens with two attached hydrogens (primary N) is 1. The van der Waals surface area contributed by atoms with Gasteiger partial charge in [-0.15, -0.1) is 0 Å². The van der Waals surface area contributed by atoms with E-state index in [0.29, 0.717) is 19.6 Å². The molecule has 0 radical (unpaired) electrons. The third-order valence-electron chi connectivity index (χ3n) is 5.57. The molecule has 28 heavy (non-hydrogen) atoms. The average Bonchev–Trinajstić information content (AvgIpc) is 3.33. The predicted molar refractivity (Wildman–Crippen MR) is 108 cm³/mol. The molecule has 1 fully saturated rings. The van der Waals surface area contributed by atoms with Gasteiger partial charge in [-0.25, -0.2) is 14.6 Å². The Kier molecular flexibility index (Phi) is 5.09. The molecule has 1 aliphatic heterocycles. The van der Waals surface area contributed by atoms with Crippen molar-refractivity contribution in [1.82, 2.24) is 24.6 Å². The second kappa shape index (κ2) is 7.67. The van der Waals surface area contributed by atoms with E-state index in [2.05, 4.69) is 29.0 Å². The van der Waals surface area contributed by atoms with E-state index in [0.717, 1.165) is 35.4 Å². The lowest BCUT2D eigenvalue weighted by atomic mass is 9.98. The number of benzene rings is 1. The van der Waals surface area contributed by atoms with Crippen molar-refractivity contribution in [3.63, 3.8) is 0 Å². The fourth-order valence-electron chi connectivity index (χ4n) is 3.93. The molecule has 7 nitrogen and oxygen atoms in total. The van der Waals surface area contributed by atoms with Crippen LogP contribution in [0, 0.1) is 6.92 Å². The molecule has 146 valence electrons. The molecule has 0 spiro atoms. The molecule has 2 atom stereocenters. The third-order valence-corrected chi connectivity index (χ3v) is 5.57. The van der Waals surface area contributed by atoms with Gasteiger partial charge in [-0.1, -0.05) is 29.8 Å². The Labute approximate surface area is 164 Å². The summed E-state index contributed by atoms with van der Waals surface area (Å²) in [5.74, 6) is 0.196. The smallest absolute Gasteiger partial charge is 0.229 e. The van der Waals surface area contributed by atoms with Gasteiger partial charge >= 0.3 is 0 Å². The second-order valence-corrected chi connectivity index (χ2v) is 7.53. The van der Waals surface area contributed by atoms with Crippen molar-refractivity contribution in [1.29, 1.82) is 0 Å². The van der Waals surface area contributed by atoms with Crippen LogP contribution in [0.15, 0.2) is 36.7 Å². The summed E-state index contributed by atoms with van der Waals surface area (Å²) in [5, 5.41) is 4.74. The van der Waals surface area contributed by atoms with E-state index in [1.807, 2.05) is 28.6 Å². The first-order valence-electron chi connectivity index (χ1n) is 9.81. The molecule has 0 unspecified atom stereocenters. The molecular formula is C21H26N6O. The van der Waals surface area contributed by atoms with Gasteiger partial charge in [0.15, 0.2) is 5.65 Å². The van der Waals surface area contributed by atoms with Crippen molar-refractivity contribution in [3.8, 4) is 0 Å². The summed E-state index contributed by atoms with van der Waals surface area (Å²) in [7, 11) is 0. The second-order valence-electron chi connectivity index (χ2n) is 7.53. The summed E-state index contributed by atoms with van der Waals surface area (Å²) in [6.07, 6.45) is 4.25. The predicted octanol–water partition coefficient (Wildman–Crippen LogP) is 2.21. The van der Waals surface area contributed by atoms with Crippen molar-refractivity contribution < 1.29 is 4.79 Å². The van der Waals surface area contributed by atoms with Crippen LogP contribution in [0.4, 0.5) is 0 Å². The highest BCUT2D eigenvalue weighted by atomic mass is 16.2. The van der Waals surface area contributed by atoms with Gasteiger partial charge in [0.25, 0.3) is 0 Å². The van der Waals surface area contributed by atoms with Gasteiger partial charge in [0.2, 0.25) is 5.91 Å². The van der Waals surface area contributed by atoms with E-state index in [-0.39, 0.29) is 17.7 Å². The molecule has 1 amide bonds. The highest BCUT2D eigenvalue weighted by molar-refractivity contribution is 5.84. The van der Waals surface area contributed by atoms with Gasteiger partial charge in [0, 0.05) is 37.9 Å². The van der Waals surface area contributed by atoms with Crippen LogP contribution in [-0.4, -0.2) is 50.2 Å². The van der Waals surface area contributed by atoms with Crippen LogP contribution in [0.1, 0.15) is 42.0 Å². The average molecular weight is 378 g/mol. The SMILES string of the molecule is Cc1ccc([C@H](C)C(=O)N2CC[C@@H](c3nn(CCN)c4nccnc34)C2)cc1. The van der Waals surface area contributed by atoms with Gasteiger partial charge in [0.1, 0.15) is 5.52 Å². The van der Waals surface area contributed by atoms with Crippen molar-refractivity contribution >= 4 is 17.1 Å². The Hall–Kier alpha value is -2.80. The van der Waals surface area contributed by atoms with Gasteiger partial charge in [-0.2, -0.15) is 5.10 Å². The normalized spacial score (nSPS) is 18.0. The number of fused-ring (bicyclic) bond motifs is 1. The topological polar surface area (TPSA) is 89.9 Å². The van der Waals surface area contributed by atoms with E-state index in [4.69, 9.17) is 10.8 Å². The molecule has 3 aromatic rings.